The highest BCUT2D eigenvalue weighted by Crippen LogP contribution is 2.39. The zero-order chi connectivity index (χ0) is 16.6. The maximum Gasteiger partial charge on any atom is 0.243 e. The van der Waals surface area contributed by atoms with E-state index in [0.29, 0.717) is 17.9 Å². The fourth-order valence-electron chi connectivity index (χ4n) is 3.31. The van der Waals surface area contributed by atoms with E-state index in [9.17, 15) is 8.42 Å². The summed E-state index contributed by atoms with van der Waals surface area (Å²) in [4.78, 5) is 0.283. The van der Waals surface area contributed by atoms with Crippen LogP contribution in [0.25, 0.3) is 0 Å². The number of nitrogens with zero attached hydrogens (tertiary/aromatic N) is 2. The van der Waals surface area contributed by atoms with Crippen LogP contribution in [0.15, 0.2) is 35.4 Å². The van der Waals surface area contributed by atoms with Gasteiger partial charge in [0.15, 0.2) is 0 Å². The summed E-state index contributed by atoms with van der Waals surface area (Å²) in [5.41, 5.74) is 2.03. The molecule has 0 saturated carbocycles. The van der Waals surface area contributed by atoms with E-state index in [-0.39, 0.29) is 17.0 Å². The van der Waals surface area contributed by atoms with Crippen LogP contribution in [0.5, 0.6) is 0 Å². The highest BCUT2D eigenvalue weighted by molar-refractivity contribution is 7.89. The molecule has 0 bridgehead atoms. The van der Waals surface area contributed by atoms with Crippen molar-refractivity contribution in [3.05, 3.63) is 46.7 Å². The first kappa shape index (κ1) is 16.5. The summed E-state index contributed by atoms with van der Waals surface area (Å²) in [5.74, 6) is 0. The van der Waals surface area contributed by atoms with Gasteiger partial charge in [-0.05, 0) is 37.1 Å². The van der Waals surface area contributed by atoms with Gasteiger partial charge in [0.05, 0.1) is 17.1 Å². The molecule has 0 unspecified atom stereocenters. The Labute approximate surface area is 141 Å². The fourth-order valence-corrected chi connectivity index (χ4v) is 5.37. The van der Waals surface area contributed by atoms with Crippen LogP contribution in [0.3, 0.4) is 0 Å². The molecule has 1 aromatic heterocycles. The Morgan fingerprint density at radius 1 is 1.26 bits per heavy atom. The minimum atomic E-state index is -3.59. The molecular weight excluding hydrogens is 334 g/mol. The third kappa shape index (κ3) is 2.79. The van der Waals surface area contributed by atoms with Gasteiger partial charge in [-0.3, -0.25) is 5.10 Å². The summed E-state index contributed by atoms with van der Waals surface area (Å²) in [7, 11) is -3.59. The molecule has 2 atom stereocenters. The number of aromatic amines is 1. The monoisotopic (exact) mass is 353 g/mol. The first-order valence-electron chi connectivity index (χ1n) is 7.80. The van der Waals surface area contributed by atoms with E-state index in [1.54, 1.807) is 34.8 Å². The van der Waals surface area contributed by atoms with Crippen molar-refractivity contribution in [2.75, 3.05) is 0 Å². The number of hydrogen-bond donors (Lipinski definition) is 1. The van der Waals surface area contributed by atoms with Crippen LogP contribution in [-0.4, -0.2) is 29.0 Å². The third-order valence-electron chi connectivity index (χ3n) is 4.46. The van der Waals surface area contributed by atoms with Crippen molar-refractivity contribution in [2.24, 2.45) is 0 Å². The van der Waals surface area contributed by atoms with E-state index in [0.717, 1.165) is 17.7 Å². The van der Waals surface area contributed by atoms with Gasteiger partial charge in [0.1, 0.15) is 0 Å². The summed E-state index contributed by atoms with van der Waals surface area (Å²) in [6.45, 7) is 4.02. The van der Waals surface area contributed by atoms with E-state index in [4.69, 9.17) is 11.6 Å². The second-order valence-corrected chi connectivity index (χ2v) is 8.06. The van der Waals surface area contributed by atoms with Gasteiger partial charge in [-0.15, -0.1) is 0 Å². The summed E-state index contributed by atoms with van der Waals surface area (Å²) in [6, 6.07) is 6.11. The van der Waals surface area contributed by atoms with Crippen molar-refractivity contribution in [3.63, 3.8) is 0 Å². The van der Waals surface area contributed by atoms with Gasteiger partial charge in [0.25, 0.3) is 0 Å². The molecule has 0 spiro atoms. The first-order valence-corrected chi connectivity index (χ1v) is 9.62. The molecule has 1 aliphatic rings. The van der Waals surface area contributed by atoms with Crippen LogP contribution in [0.4, 0.5) is 0 Å². The van der Waals surface area contributed by atoms with E-state index >= 15 is 0 Å². The van der Waals surface area contributed by atoms with Crippen molar-refractivity contribution in [1.82, 2.24) is 14.5 Å². The molecule has 0 fully saturated rings. The lowest BCUT2D eigenvalue weighted by molar-refractivity contribution is 0.217. The highest BCUT2D eigenvalue weighted by atomic mass is 35.5. The number of H-pyrrole nitrogens is 1. The Balaban J connectivity index is 2.09. The van der Waals surface area contributed by atoms with Gasteiger partial charge in [-0.2, -0.15) is 9.40 Å². The Bertz CT molecular complexity index is 786. The minimum Gasteiger partial charge on any atom is -0.282 e. The van der Waals surface area contributed by atoms with Gasteiger partial charge in [0, 0.05) is 28.7 Å². The number of hydrogen-bond acceptors (Lipinski definition) is 3. The molecular formula is C16H20ClN3O2S. The minimum absolute atomic E-state index is 0.0754. The van der Waals surface area contributed by atoms with Crippen LogP contribution >= 0.6 is 11.6 Å². The molecule has 1 aromatic carbocycles. The molecule has 23 heavy (non-hydrogen) atoms. The molecule has 124 valence electrons. The number of nitrogens with one attached hydrogen (secondary N) is 1. The van der Waals surface area contributed by atoms with Gasteiger partial charge >= 0.3 is 0 Å². The first-order chi connectivity index (χ1) is 11.0. The average Bonchev–Trinajstić information content (AvgIpc) is 3.01. The molecule has 2 heterocycles. The summed E-state index contributed by atoms with van der Waals surface area (Å²) < 4.78 is 28.1. The zero-order valence-corrected chi connectivity index (χ0v) is 14.7. The number of halogens is 1. The Morgan fingerprint density at radius 2 is 1.96 bits per heavy atom. The lowest BCUT2D eigenvalue weighted by Crippen LogP contribution is -2.46. The van der Waals surface area contributed by atoms with Crippen molar-refractivity contribution < 1.29 is 8.42 Å². The fraction of sp³-hybridized carbons (Fsp3) is 0.438. The standard InChI is InChI=1S/C16H20ClN3O2S/c1-3-12-9-15-14(10-18-19-15)16(4-2)20(12)23(21,22)13-7-5-11(17)6-8-13/h5-8,10,12,16H,3-4,9H2,1-2H3,(H,18,19)/t12-,16-/m0/s1. The van der Waals surface area contributed by atoms with Crippen LogP contribution in [0, 0.1) is 0 Å². The average molecular weight is 354 g/mol. The quantitative estimate of drug-likeness (QED) is 0.914. The predicted molar refractivity (Wildman–Crippen MR) is 89.9 cm³/mol. The number of rotatable bonds is 4. The Hall–Kier alpha value is -1.37. The summed E-state index contributed by atoms with van der Waals surface area (Å²) >= 11 is 5.89. The molecule has 2 aromatic rings. The van der Waals surface area contributed by atoms with Crippen molar-refractivity contribution >= 4 is 21.6 Å². The molecule has 0 radical (unpaired) electrons. The van der Waals surface area contributed by atoms with E-state index in [1.807, 2.05) is 13.8 Å². The van der Waals surface area contributed by atoms with Crippen LogP contribution < -0.4 is 0 Å². The Kier molecular flexibility index (Phi) is 4.49. The largest absolute Gasteiger partial charge is 0.282 e. The van der Waals surface area contributed by atoms with Crippen LogP contribution in [0.2, 0.25) is 5.02 Å². The maximum atomic E-state index is 13.2. The lowest BCUT2D eigenvalue weighted by Gasteiger charge is -2.40. The third-order valence-corrected chi connectivity index (χ3v) is 6.69. The molecule has 1 aliphatic heterocycles. The smallest absolute Gasteiger partial charge is 0.243 e. The number of sulfonamides is 1. The SMILES string of the molecule is CC[C@H]1Cc2[nH]ncc2[C@H](CC)N1S(=O)(=O)c1ccc(Cl)cc1. The topological polar surface area (TPSA) is 66.1 Å². The molecule has 3 rings (SSSR count). The normalized spacial score (nSPS) is 22.0. The van der Waals surface area contributed by atoms with Gasteiger partial charge in [0.2, 0.25) is 10.0 Å². The van der Waals surface area contributed by atoms with Crippen LogP contribution in [0.1, 0.15) is 44.0 Å². The second-order valence-electron chi connectivity index (χ2n) is 5.78. The van der Waals surface area contributed by atoms with Crippen molar-refractivity contribution in [2.45, 2.75) is 50.1 Å². The van der Waals surface area contributed by atoms with E-state index < -0.39 is 10.0 Å². The number of fused-ring (bicyclic) bond motifs is 1. The van der Waals surface area contributed by atoms with E-state index in [2.05, 4.69) is 10.2 Å². The van der Waals surface area contributed by atoms with Crippen molar-refractivity contribution in [3.8, 4) is 0 Å². The van der Waals surface area contributed by atoms with Gasteiger partial charge in [-0.25, -0.2) is 8.42 Å². The molecule has 0 saturated heterocycles. The van der Waals surface area contributed by atoms with E-state index in [1.165, 1.54) is 0 Å². The second kappa shape index (κ2) is 6.26. The molecule has 5 nitrogen and oxygen atoms in total. The van der Waals surface area contributed by atoms with Crippen molar-refractivity contribution in [1.29, 1.82) is 0 Å². The van der Waals surface area contributed by atoms with Gasteiger partial charge < -0.3 is 0 Å². The molecule has 0 amide bonds. The molecule has 1 N–H and O–H groups in total. The predicted octanol–water partition coefficient (Wildman–Crippen LogP) is 3.54. The molecule has 7 heteroatoms. The Morgan fingerprint density at radius 3 is 2.57 bits per heavy atom. The molecule has 0 aliphatic carbocycles. The summed E-state index contributed by atoms with van der Waals surface area (Å²) in [5, 5.41) is 7.65. The van der Waals surface area contributed by atoms with Crippen LogP contribution in [-0.2, 0) is 16.4 Å². The lowest BCUT2D eigenvalue weighted by atomic mass is 9.93. The summed E-state index contributed by atoms with van der Waals surface area (Å²) in [6.07, 6.45) is 3.87. The number of benzene rings is 1. The maximum absolute atomic E-state index is 13.2. The number of aromatic nitrogens is 2. The van der Waals surface area contributed by atoms with Gasteiger partial charge in [-0.1, -0.05) is 25.4 Å². The highest BCUT2D eigenvalue weighted by Gasteiger charge is 2.41. The zero-order valence-electron chi connectivity index (χ0n) is 13.2.